The summed E-state index contributed by atoms with van der Waals surface area (Å²) in [6, 6.07) is 13.4. The Labute approximate surface area is 154 Å². The normalized spacial score (nSPS) is 10.6. The Bertz CT molecular complexity index is 1090. The van der Waals surface area contributed by atoms with Gasteiger partial charge in [0, 0.05) is 29.8 Å². The summed E-state index contributed by atoms with van der Waals surface area (Å²) < 4.78 is 18.4. The van der Waals surface area contributed by atoms with E-state index in [1.165, 1.54) is 12.1 Å². The van der Waals surface area contributed by atoms with Crippen LogP contribution in [0.4, 0.5) is 27.5 Å². The molecule has 134 valence electrons. The first-order chi connectivity index (χ1) is 13.2. The minimum absolute atomic E-state index is 0.312. The Morgan fingerprint density at radius 2 is 1.70 bits per heavy atom. The van der Waals surface area contributed by atoms with E-state index in [9.17, 15) is 4.39 Å². The molecule has 0 atom stereocenters. The highest BCUT2D eigenvalue weighted by molar-refractivity contribution is 5.86. The quantitative estimate of drug-likeness (QED) is 0.554. The summed E-state index contributed by atoms with van der Waals surface area (Å²) in [4.78, 5) is 17.5. The fourth-order valence-corrected chi connectivity index (χ4v) is 2.51. The molecular formula is C19H15FN6O. The van der Waals surface area contributed by atoms with Crippen LogP contribution in [0.1, 0.15) is 0 Å². The Kier molecular flexibility index (Phi) is 4.44. The number of fused-ring (bicyclic) bond motifs is 1. The van der Waals surface area contributed by atoms with Crippen molar-refractivity contribution < 1.29 is 9.13 Å². The average molecular weight is 362 g/mol. The van der Waals surface area contributed by atoms with Gasteiger partial charge in [-0.2, -0.15) is 9.97 Å². The monoisotopic (exact) mass is 362 g/mol. The molecule has 0 aliphatic carbocycles. The van der Waals surface area contributed by atoms with Gasteiger partial charge in [0.25, 0.3) is 0 Å². The molecular weight excluding hydrogens is 347 g/mol. The number of hydrogen-bond acceptors (Lipinski definition) is 7. The maximum Gasteiger partial charge on any atom is 0.231 e. The molecule has 2 heterocycles. The van der Waals surface area contributed by atoms with E-state index in [0.29, 0.717) is 34.4 Å². The van der Waals surface area contributed by atoms with Crippen LogP contribution in [0.3, 0.4) is 0 Å². The van der Waals surface area contributed by atoms with Crippen molar-refractivity contribution in [1.29, 1.82) is 0 Å². The highest BCUT2D eigenvalue weighted by Gasteiger charge is 2.11. The first-order valence-corrected chi connectivity index (χ1v) is 8.14. The van der Waals surface area contributed by atoms with E-state index in [0.717, 1.165) is 5.69 Å². The standard InChI is InChI=1S/C19H15FN6O/c1-27-15-4-2-3-14(11-15)24-19-25-17-16(21-9-10-22-17)18(26-19)23-13-7-5-12(20)6-8-13/h2-11H,1H3,(H2,22,23,24,25,26). The third-order valence-corrected chi connectivity index (χ3v) is 3.77. The van der Waals surface area contributed by atoms with Crippen molar-refractivity contribution in [2.45, 2.75) is 0 Å². The highest BCUT2D eigenvalue weighted by Crippen LogP contribution is 2.25. The summed E-state index contributed by atoms with van der Waals surface area (Å²) in [7, 11) is 1.60. The fraction of sp³-hybridized carbons (Fsp3) is 0.0526. The first-order valence-electron chi connectivity index (χ1n) is 8.14. The lowest BCUT2D eigenvalue weighted by Crippen LogP contribution is -2.04. The number of nitrogens with one attached hydrogen (secondary N) is 2. The maximum atomic E-state index is 13.2. The van der Waals surface area contributed by atoms with Crippen LogP contribution in [0.2, 0.25) is 0 Å². The maximum absolute atomic E-state index is 13.2. The van der Waals surface area contributed by atoms with Crippen molar-refractivity contribution in [3.8, 4) is 5.75 Å². The number of benzene rings is 2. The van der Waals surface area contributed by atoms with Gasteiger partial charge in [0.05, 0.1) is 7.11 Å². The molecule has 2 aromatic heterocycles. The van der Waals surface area contributed by atoms with Gasteiger partial charge in [0.2, 0.25) is 5.95 Å². The molecule has 4 rings (SSSR count). The molecule has 0 unspecified atom stereocenters. The molecule has 7 nitrogen and oxygen atoms in total. The molecule has 0 amide bonds. The molecule has 0 radical (unpaired) electrons. The Balaban J connectivity index is 1.72. The lowest BCUT2D eigenvalue weighted by atomic mass is 10.3. The zero-order valence-corrected chi connectivity index (χ0v) is 14.3. The summed E-state index contributed by atoms with van der Waals surface area (Å²) in [5, 5.41) is 6.27. The lowest BCUT2D eigenvalue weighted by Gasteiger charge is -2.11. The van der Waals surface area contributed by atoms with Gasteiger partial charge < -0.3 is 15.4 Å². The number of methoxy groups -OCH3 is 1. The van der Waals surface area contributed by atoms with Crippen molar-refractivity contribution in [3.63, 3.8) is 0 Å². The van der Waals surface area contributed by atoms with Crippen molar-refractivity contribution in [2.75, 3.05) is 17.7 Å². The molecule has 4 aromatic rings. The summed E-state index contributed by atoms with van der Waals surface area (Å²) in [6.07, 6.45) is 3.13. The predicted molar refractivity (Wildman–Crippen MR) is 101 cm³/mol. The molecule has 0 spiro atoms. The summed E-state index contributed by atoms with van der Waals surface area (Å²) >= 11 is 0. The zero-order valence-electron chi connectivity index (χ0n) is 14.3. The van der Waals surface area contributed by atoms with Gasteiger partial charge in [-0.15, -0.1) is 0 Å². The average Bonchev–Trinajstić information content (AvgIpc) is 2.70. The van der Waals surface area contributed by atoms with E-state index in [1.807, 2.05) is 24.3 Å². The van der Waals surface area contributed by atoms with Crippen molar-refractivity contribution in [3.05, 3.63) is 66.7 Å². The van der Waals surface area contributed by atoms with E-state index in [-0.39, 0.29) is 5.82 Å². The predicted octanol–water partition coefficient (Wildman–Crippen LogP) is 4.05. The van der Waals surface area contributed by atoms with Gasteiger partial charge in [-0.3, -0.25) is 0 Å². The van der Waals surface area contributed by atoms with Crippen LogP contribution < -0.4 is 15.4 Å². The first kappa shape index (κ1) is 16.6. The SMILES string of the molecule is COc1cccc(Nc2nc(Nc3ccc(F)cc3)c3nccnc3n2)c1. The van der Waals surface area contributed by atoms with Gasteiger partial charge in [-0.1, -0.05) is 6.07 Å². The van der Waals surface area contributed by atoms with Crippen LogP contribution in [0.25, 0.3) is 11.2 Å². The molecule has 2 N–H and O–H groups in total. The van der Waals surface area contributed by atoms with Gasteiger partial charge in [0.1, 0.15) is 11.6 Å². The van der Waals surface area contributed by atoms with Crippen molar-refractivity contribution in [2.24, 2.45) is 0 Å². The molecule has 0 aliphatic heterocycles. The van der Waals surface area contributed by atoms with E-state index in [1.54, 1.807) is 31.6 Å². The minimum Gasteiger partial charge on any atom is -0.497 e. The van der Waals surface area contributed by atoms with Gasteiger partial charge in [-0.25, -0.2) is 14.4 Å². The third kappa shape index (κ3) is 3.74. The minimum atomic E-state index is -0.312. The summed E-state index contributed by atoms with van der Waals surface area (Å²) in [5.74, 6) is 1.21. The lowest BCUT2D eigenvalue weighted by molar-refractivity contribution is 0.415. The van der Waals surface area contributed by atoms with Gasteiger partial charge >= 0.3 is 0 Å². The number of nitrogens with zero attached hydrogens (tertiary/aromatic N) is 4. The Morgan fingerprint density at radius 3 is 2.52 bits per heavy atom. The molecule has 0 saturated heterocycles. The van der Waals surface area contributed by atoms with E-state index in [2.05, 4.69) is 30.6 Å². The van der Waals surface area contributed by atoms with Crippen LogP contribution in [0.15, 0.2) is 60.9 Å². The molecule has 8 heteroatoms. The second-order valence-corrected chi connectivity index (χ2v) is 5.61. The zero-order chi connectivity index (χ0) is 18.6. The number of halogens is 1. The number of rotatable bonds is 5. The van der Waals surface area contributed by atoms with E-state index in [4.69, 9.17) is 4.74 Å². The van der Waals surface area contributed by atoms with Crippen LogP contribution in [-0.4, -0.2) is 27.0 Å². The number of aromatic nitrogens is 4. The van der Waals surface area contributed by atoms with Gasteiger partial charge in [-0.05, 0) is 36.4 Å². The van der Waals surface area contributed by atoms with Crippen LogP contribution in [0.5, 0.6) is 5.75 Å². The van der Waals surface area contributed by atoms with E-state index >= 15 is 0 Å². The smallest absolute Gasteiger partial charge is 0.231 e. The van der Waals surface area contributed by atoms with E-state index < -0.39 is 0 Å². The van der Waals surface area contributed by atoms with Crippen LogP contribution >= 0.6 is 0 Å². The van der Waals surface area contributed by atoms with Crippen molar-refractivity contribution >= 4 is 34.3 Å². The number of hydrogen-bond donors (Lipinski definition) is 2. The molecule has 0 fully saturated rings. The van der Waals surface area contributed by atoms with Crippen LogP contribution in [0, 0.1) is 5.82 Å². The second kappa shape index (κ2) is 7.20. The van der Waals surface area contributed by atoms with Crippen LogP contribution in [-0.2, 0) is 0 Å². The Hall–Kier alpha value is -3.81. The summed E-state index contributed by atoms with van der Waals surface area (Å²) in [6.45, 7) is 0. The topological polar surface area (TPSA) is 84.9 Å². The third-order valence-electron chi connectivity index (χ3n) is 3.77. The number of anilines is 4. The van der Waals surface area contributed by atoms with Gasteiger partial charge in [0.15, 0.2) is 17.0 Å². The molecule has 0 aliphatic rings. The highest BCUT2D eigenvalue weighted by atomic mass is 19.1. The largest absolute Gasteiger partial charge is 0.497 e. The Morgan fingerprint density at radius 1 is 0.889 bits per heavy atom. The molecule has 2 aromatic carbocycles. The fourth-order valence-electron chi connectivity index (χ4n) is 2.51. The molecule has 0 bridgehead atoms. The molecule has 0 saturated carbocycles. The second-order valence-electron chi connectivity index (χ2n) is 5.61. The number of ether oxygens (including phenoxy) is 1. The summed E-state index contributed by atoms with van der Waals surface area (Å²) in [5.41, 5.74) is 2.39. The molecule has 27 heavy (non-hydrogen) atoms. The van der Waals surface area contributed by atoms with Crippen molar-refractivity contribution in [1.82, 2.24) is 19.9 Å².